The minimum atomic E-state index is -0.937. The van der Waals surface area contributed by atoms with Crippen LogP contribution in [0.25, 0.3) is 0 Å². The van der Waals surface area contributed by atoms with Gasteiger partial charge < -0.3 is 11.1 Å². The topological polar surface area (TPSA) is 98.3 Å². The van der Waals surface area contributed by atoms with E-state index in [9.17, 15) is 19.3 Å². The van der Waals surface area contributed by atoms with E-state index in [4.69, 9.17) is 5.73 Å². The van der Waals surface area contributed by atoms with Crippen LogP contribution in [0.15, 0.2) is 18.2 Å². The van der Waals surface area contributed by atoms with Crippen molar-refractivity contribution in [1.29, 1.82) is 0 Å². The lowest BCUT2D eigenvalue weighted by molar-refractivity contribution is -0.387. The highest BCUT2D eigenvalue weighted by Gasteiger charge is 2.15. The standard InChI is InChI=1S/C11H14FN3O3/c1-7(13)2-5-11(16)14-8-3-4-9(12)10(6-8)15(17)18/h3-4,6-7H,2,5,13H2,1H3,(H,14,16). The summed E-state index contributed by atoms with van der Waals surface area (Å²) in [5, 5.41) is 13.0. The first-order valence-electron chi connectivity index (χ1n) is 5.39. The molecule has 18 heavy (non-hydrogen) atoms. The van der Waals surface area contributed by atoms with Crippen molar-refractivity contribution in [2.24, 2.45) is 5.73 Å². The van der Waals surface area contributed by atoms with E-state index in [-0.39, 0.29) is 24.1 Å². The molecule has 3 N–H and O–H groups in total. The van der Waals surface area contributed by atoms with Crippen LogP contribution in [0, 0.1) is 15.9 Å². The number of benzene rings is 1. The molecule has 0 radical (unpaired) electrons. The van der Waals surface area contributed by atoms with Gasteiger partial charge >= 0.3 is 5.69 Å². The summed E-state index contributed by atoms with van der Waals surface area (Å²) in [5.74, 6) is -1.25. The fraction of sp³-hybridized carbons (Fsp3) is 0.364. The highest BCUT2D eigenvalue weighted by molar-refractivity contribution is 5.91. The third-order valence-corrected chi connectivity index (χ3v) is 2.25. The monoisotopic (exact) mass is 255 g/mol. The summed E-state index contributed by atoms with van der Waals surface area (Å²) in [4.78, 5) is 21.1. The molecule has 0 aliphatic heterocycles. The molecule has 6 nitrogen and oxygen atoms in total. The van der Waals surface area contributed by atoms with Crippen molar-refractivity contribution in [3.05, 3.63) is 34.1 Å². The Morgan fingerprint density at radius 1 is 1.61 bits per heavy atom. The van der Waals surface area contributed by atoms with E-state index in [1.54, 1.807) is 6.92 Å². The van der Waals surface area contributed by atoms with Gasteiger partial charge in [0.1, 0.15) is 0 Å². The Morgan fingerprint density at radius 3 is 2.83 bits per heavy atom. The summed E-state index contributed by atoms with van der Waals surface area (Å²) in [6.07, 6.45) is 0.720. The number of hydrogen-bond donors (Lipinski definition) is 2. The maximum atomic E-state index is 13.0. The van der Waals surface area contributed by atoms with Crippen molar-refractivity contribution in [3.63, 3.8) is 0 Å². The van der Waals surface area contributed by atoms with E-state index in [0.29, 0.717) is 6.42 Å². The van der Waals surface area contributed by atoms with E-state index in [1.807, 2.05) is 0 Å². The van der Waals surface area contributed by atoms with Gasteiger partial charge in [0.05, 0.1) is 4.92 Å². The normalized spacial score (nSPS) is 11.9. The van der Waals surface area contributed by atoms with Gasteiger partial charge in [0.2, 0.25) is 11.7 Å². The van der Waals surface area contributed by atoms with Crippen LogP contribution in [0.3, 0.4) is 0 Å². The second-order valence-electron chi connectivity index (χ2n) is 3.99. The van der Waals surface area contributed by atoms with Gasteiger partial charge in [0, 0.05) is 24.2 Å². The average Bonchev–Trinajstić information content (AvgIpc) is 2.28. The predicted octanol–water partition coefficient (Wildman–Crippen LogP) is 1.80. The SMILES string of the molecule is CC(N)CCC(=O)Nc1ccc(F)c([N+](=O)[O-])c1. The van der Waals surface area contributed by atoms with Crippen LogP contribution in [0.5, 0.6) is 0 Å². The van der Waals surface area contributed by atoms with E-state index in [1.165, 1.54) is 6.07 Å². The van der Waals surface area contributed by atoms with Crippen molar-refractivity contribution in [3.8, 4) is 0 Å². The molecule has 0 heterocycles. The Labute approximate surface area is 103 Å². The molecule has 0 saturated heterocycles. The number of amides is 1. The summed E-state index contributed by atoms with van der Waals surface area (Å²) >= 11 is 0. The number of rotatable bonds is 5. The molecule has 0 saturated carbocycles. The third kappa shape index (κ3) is 4.10. The Kier molecular flexibility index (Phi) is 4.73. The molecule has 0 aliphatic rings. The number of anilines is 1. The molecule has 7 heteroatoms. The molecule has 0 aromatic heterocycles. The second kappa shape index (κ2) is 6.06. The quantitative estimate of drug-likeness (QED) is 0.619. The van der Waals surface area contributed by atoms with Gasteiger partial charge in [-0.25, -0.2) is 0 Å². The number of nitrogens with two attached hydrogens (primary N) is 1. The number of nitrogens with zero attached hydrogens (tertiary/aromatic N) is 1. The summed E-state index contributed by atoms with van der Waals surface area (Å²) in [7, 11) is 0. The minimum absolute atomic E-state index is 0.0988. The van der Waals surface area contributed by atoms with Crippen LogP contribution in [-0.2, 0) is 4.79 Å². The lowest BCUT2D eigenvalue weighted by Crippen LogP contribution is -2.19. The van der Waals surface area contributed by atoms with Gasteiger partial charge in [-0.05, 0) is 25.5 Å². The summed E-state index contributed by atoms with van der Waals surface area (Å²) < 4.78 is 13.0. The number of nitrogens with one attached hydrogen (secondary N) is 1. The number of carbonyl (C=O) groups excluding carboxylic acids is 1. The number of nitro groups is 1. The first-order chi connectivity index (χ1) is 8.40. The molecule has 1 unspecified atom stereocenters. The smallest absolute Gasteiger partial charge is 0.306 e. The highest BCUT2D eigenvalue weighted by atomic mass is 19.1. The van der Waals surface area contributed by atoms with Crippen molar-refractivity contribution in [2.75, 3.05) is 5.32 Å². The van der Waals surface area contributed by atoms with E-state index in [2.05, 4.69) is 5.32 Å². The Hall–Kier alpha value is -2.02. The average molecular weight is 255 g/mol. The molecule has 1 aromatic carbocycles. The molecular weight excluding hydrogens is 241 g/mol. The maximum absolute atomic E-state index is 13.0. The fourth-order valence-corrected chi connectivity index (χ4v) is 1.31. The van der Waals surface area contributed by atoms with Crippen LogP contribution in [0.4, 0.5) is 15.8 Å². The van der Waals surface area contributed by atoms with E-state index >= 15 is 0 Å². The van der Waals surface area contributed by atoms with Crippen LogP contribution in [-0.4, -0.2) is 16.9 Å². The van der Waals surface area contributed by atoms with Gasteiger partial charge in [0.25, 0.3) is 0 Å². The number of nitro benzene ring substituents is 1. The molecule has 1 aromatic rings. The van der Waals surface area contributed by atoms with Crippen molar-refractivity contribution in [1.82, 2.24) is 0 Å². The molecule has 0 bridgehead atoms. The van der Waals surface area contributed by atoms with E-state index in [0.717, 1.165) is 12.1 Å². The molecule has 0 fully saturated rings. The van der Waals surface area contributed by atoms with Crippen LogP contribution in [0.2, 0.25) is 0 Å². The molecular formula is C11H14FN3O3. The van der Waals surface area contributed by atoms with Crippen molar-refractivity contribution in [2.45, 2.75) is 25.8 Å². The largest absolute Gasteiger partial charge is 0.328 e. The Balaban J connectivity index is 2.70. The van der Waals surface area contributed by atoms with Gasteiger partial charge in [-0.1, -0.05) is 0 Å². The number of carbonyl (C=O) groups is 1. The number of halogens is 1. The molecule has 1 amide bonds. The Morgan fingerprint density at radius 2 is 2.28 bits per heavy atom. The van der Waals surface area contributed by atoms with Crippen molar-refractivity contribution < 1.29 is 14.1 Å². The lowest BCUT2D eigenvalue weighted by atomic mass is 10.2. The zero-order chi connectivity index (χ0) is 13.7. The van der Waals surface area contributed by atoms with E-state index < -0.39 is 16.4 Å². The fourth-order valence-electron chi connectivity index (χ4n) is 1.31. The second-order valence-corrected chi connectivity index (χ2v) is 3.99. The predicted molar refractivity (Wildman–Crippen MR) is 64.6 cm³/mol. The van der Waals surface area contributed by atoms with Crippen LogP contribution < -0.4 is 11.1 Å². The zero-order valence-corrected chi connectivity index (χ0v) is 9.85. The molecule has 98 valence electrons. The molecule has 1 atom stereocenters. The lowest BCUT2D eigenvalue weighted by Gasteiger charge is -2.07. The summed E-state index contributed by atoms with van der Waals surface area (Å²) in [6.45, 7) is 1.77. The van der Waals surface area contributed by atoms with Gasteiger partial charge in [-0.15, -0.1) is 0 Å². The van der Waals surface area contributed by atoms with Crippen molar-refractivity contribution >= 4 is 17.3 Å². The molecule has 1 rings (SSSR count). The first kappa shape index (κ1) is 14.0. The maximum Gasteiger partial charge on any atom is 0.306 e. The zero-order valence-electron chi connectivity index (χ0n) is 9.85. The molecule has 0 aliphatic carbocycles. The molecule has 0 spiro atoms. The summed E-state index contributed by atoms with van der Waals surface area (Å²) in [6, 6.07) is 3.10. The highest BCUT2D eigenvalue weighted by Crippen LogP contribution is 2.21. The third-order valence-electron chi connectivity index (χ3n) is 2.25. The van der Waals surface area contributed by atoms with Crippen LogP contribution >= 0.6 is 0 Å². The Bertz CT molecular complexity index is 463. The van der Waals surface area contributed by atoms with Crippen LogP contribution in [0.1, 0.15) is 19.8 Å². The summed E-state index contributed by atoms with van der Waals surface area (Å²) in [5.41, 5.74) is 5.02. The number of hydrogen-bond acceptors (Lipinski definition) is 4. The van der Waals surface area contributed by atoms with Gasteiger partial charge in [-0.3, -0.25) is 14.9 Å². The van der Waals surface area contributed by atoms with Gasteiger partial charge in [0.15, 0.2) is 0 Å². The first-order valence-corrected chi connectivity index (χ1v) is 5.39. The minimum Gasteiger partial charge on any atom is -0.328 e. The van der Waals surface area contributed by atoms with Gasteiger partial charge in [-0.2, -0.15) is 4.39 Å².